The van der Waals surface area contributed by atoms with Gasteiger partial charge in [0.25, 0.3) is 0 Å². The number of hydrogen-bond donors (Lipinski definition) is 1. The summed E-state index contributed by atoms with van der Waals surface area (Å²) in [5, 5.41) is 9.19. The Morgan fingerprint density at radius 3 is 2.55 bits per heavy atom. The van der Waals surface area contributed by atoms with Crippen LogP contribution in [0.1, 0.15) is 13.0 Å². The summed E-state index contributed by atoms with van der Waals surface area (Å²) >= 11 is 0. The van der Waals surface area contributed by atoms with E-state index in [9.17, 15) is 5.11 Å². The maximum Gasteiger partial charge on any atom is 0.119 e. The fraction of sp³-hybridized carbons (Fsp3) is 0.200. The molecular weight excluding hydrogens is 136 g/mol. The summed E-state index contributed by atoms with van der Waals surface area (Å²) in [6, 6.07) is 7.27. The van der Waals surface area contributed by atoms with Crippen molar-refractivity contribution in [3.8, 4) is 5.75 Å². The molecule has 1 aromatic rings. The molecule has 0 amide bonds. The van der Waals surface area contributed by atoms with Gasteiger partial charge in [0.1, 0.15) is 5.75 Å². The summed E-state index contributed by atoms with van der Waals surface area (Å²) in [4.78, 5) is 0. The highest BCUT2D eigenvalue weighted by molar-refractivity contribution is 5.32. The number of allylic oxidation sites excluding steroid dienone is 1. The van der Waals surface area contributed by atoms with Crippen molar-refractivity contribution in [3.05, 3.63) is 42.5 Å². The van der Waals surface area contributed by atoms with Gasteiger partial charge >= 0.3 is 0 Å². The van der Waals surface area contributed by atoms with Crippen LogP contribution in [0.25, 0.3) is 0 Å². The predicted octanol–water partition coefficient (Wildman–Crippen LogP) is 2.76. The summed E-state index contributed by atoms with van der Waals surface area (Å²) in [5.41, 5.74) is 0.928. The minimum absolute atomic E-state index is 0. The Labute approximate surface area is 68.0 Å². The Balaban J connectivity index is 0.000001000. The van der Waals surface area contributed by atoms with Crippen LogP contribution in [0.2, 0.25) is 0 Å². The summed E-state index contributed by atoms with van der Waals surface area (Å²) in [6.07, 6.45) is 2.50. The normalized spacial score (nSPS) is 8.36. The van der Waals surface area contributed by atoms with Gasteiger partial charge in [0.05, 0.1) is 0 Å². The first-order valence-electron chi connectivity index (χ1n) is 3.22. The van der Waals surface area contributed by atoms with Crippen LogP contribution in [0.5, 0.6) is 5.75 Å². The third-order valence-electron chi connectivity index (χ3n) is 1.36. The lowest BCUT2D eigenvalue weighted by atomic mass is 10.1. The van der Waals surface area contributed by atoms with E-state index in [0.717, 1.165) is 12.0 Å². The Kier molecular flexibility index (Phi) is 4.04. The Hall–Kier alpha value is -1.24. The summed E-state index contributed by atoms with van der Waals surface area (Å²) in [6.45, 7) is 3.59. The number of rotatable bonds is 2. The van der Waals surface area contributed by atoms with Crippen LogP contribution in [-0.4, -0.2) is 5.11 Å². The van der Waals surface area contributed by atoms with Gasteiger partial charge in [-0.15, -0.1) is 6.58 Å². The van der Waals surface area contributed by atoms with Crippen LogP contribution in [0, 0.1) is 0 Å². The Morgan fingerprint density at radius 1 is 1.36 bits per heavy atom. The first kappa shape index (κ1) is 9.76. The lowest BCUT2D eigenvalue weighted by Gasteiger charge is -1.97. The van der Waals surface area contributed by atoms with Crippen molar-refractivity contribution in [2.75, 3.05) is 0 Å². The van der Waals surface area contributed by atoms with Crippen molar-refractivity contribution in [1.82, 2.24) is 0 Å². The smallest absolute Gasteiger partial charge is 0.119 e. The lowest BCUT2D eigenvalue weighted by Crippen LogP contribution is -1.79. The van der Waals surface area contributed by atoms with Gasteiger partial charge in [-0.3, -0.25) is 0 Å². The standard InChI is InChI=1S/C9H10O.CH4/c1-2-5-8-6-3-4-7-9(8)10;/h2-4,6-7,10H,1,5H2;1H4. The van der Waals surface area contributed by atoms with Crippen molar-refractivity contribution in [2.24, 2.45) is 0 Å². The highest BCUT2D eigenvalue weighted by Crippen LogP contribution is 2.15. The molecule has 0 aliphatic carbocycles. The summed E-state index contributed by atoms with van der Waals surface area (Å²) in [5.74, 6) is 0.349. The molecule has 1 nitrogen and oxygen atoms in total. The maximum absolute atomic E-state index is 9.19. The average Bonchev–Trinajstić information content (AvgIpc) is 1.94. The van der Waals surface area contributed by atoms with E-state index in [1.807, 2.05) is 18.2 Å². The van der Waals surface area contributed by atoms with Crippen LogP contribution in [0.15, 0.2) is 36.9 Å². The van der Waals surface area contributed by atoms with E-state index in [-0.39, 0.29) is 7.43 Å². The number of phenols is 1. The second-order valence-corrected chi connectivity index (χ2v) is 2.12. The molecule has 0 unspecified atom stereocenters. The zero-order valence-corrected chi connectivity index (χ0v) is 5.75. The van der Waals surface area contributed by atoms with Gasteiger partial charge in [0, 0.05) is 0 Å². The molecule has 60 valence electrons. The second kappa shape index (κ2) is 4.56. The Morgan fingerprint density at radius 2 is 2.00 bits per heavy atom. The molecule has 1 heteroatoms. The number of phenolic OH excluding ortho intramolecular Hbond substituents is 1. The van der Waals surface area contributed by atoms with E-state index in [1.165, 1.54) is 0 Å². The van der Waals surface area contributed by atoms with Gasteiger partial charge in [-0.1, -0.05) is 31.7 Å². The quantitative estimate of drug-likeness (QED) is 0.643. The van der Waals surface area contributed by atoms with Crippen molar-refractivity contribution < 1.29 is 5.11 Å². The fourth-order valence-corrected chi connectivity index (χ4v) is 0.839. The lowest BCUT2D eigenvalue weighted by molar-refractivity contribution is 0.470. The zero-order chi connectivity index (χ0) is 7.40. The number of hydrogen-bond acceptors (Lipinski definition) is 1. The van der Waals surface area contributed by atoms with E-state index in [4.69, 9.17) is 0 Å². The van der Waals surface area contributed by atoms with E-state index in [0.29, 0.717) is 5.75 Å². The molecule has 0 aliphatic rings. The number of para-hydroxylation sites is 1. The number of aromatic hydroxyl groups is 1. The zero-order valence-electron chi connectivity index (χ0n) is 5.75. The van der Waals surface area contributed by atoms with Crippen molar-refractivity contribution >= 4 is 0 Å². The van der Waals surface area contributed by atoms with E-state index in [1.54, 1.807) is 12.1 Å². The van der Waals surface area contributed by atoms with Crippen LogP contribution in [0.3, 0.4) is 0 Å². The molecule has 11 heavy (non-hydrogen) atoms. The van der Waals surface area contributed by atoms with E-state index in [2.05, 4.69) is 6.58 Å². The largest absolute Gasteiger partial charge is 0.508 e. The monoisotopic (exact) mass is 150 g/mol. The van der Waals surface area contributed by atoms with Crippen LogP contribution < -0.4 is 0 Å². The SMILES string of the molecule is C.C=CCc1ccccc1O. The van der Waals surface area contributed by atoms with Crippen LogP contribution >= 0.6 is 0 Å². The van der Waals surface area contributed by atoms with Gasteiger partial charge in [-0.2, -0.15) is 0 Å². The molecule has 0 radical (unpaired) electrons. The fourth-order valence-electron chi connectivity index (χ4n) is 0.839. The molecule has 1 N–H and O–H groups in total. The number of benzene rings is 1. The van der Waals surface area contributed by atoms with Gasteiger partial charge in [0.15, 0.2) is 0 Å². The topological polar surface area (TPSA) is 20.2 Å². The van der Waals surface area contributed by atoms with Crippen LogP contribution in [0.4, 0.5) is 0 Å². The predicted molar refractivity (Wildman–Crippen MR) is 48.7 cm³/mol. The molecule has 1 rings (SSSR count). The molecule has 0 saturated heterocycles. The molecule has 0 spiro atoms. The molecule has 0 heterocycles. The molecular formula is C10H14O. The molecule has 0 saturated carbocycles. The van der Waals surface area contributed by atoms with Crippen molar-refractivity contribution in [1.29, 1.82) is 0 Å². The molecule has 0 bridgehead atoms. The van der Waals surface area contributed by atoms with Crippen molar-refractivity contribution in [2.45, 2.75) is 13.8 Å². The van der Waals surface area contributed by atoms with E-state index >= 15 is 0 Å². The second-order valence-electron chi connectivity index (χ2n) is 2.12. The molecule has 0 aromatic heterocycles. The third kappa shape index (κ3) is 2.46. The van der Waals surface area contributed by atoms with Gasteiger partial charge in [0.2, 0.25) is 0 Å². The molecule has 0 aliphatic heterocycles. The van der Waals surface area contributed by atoms with Gasteiger partial charge < -0.3 is 5.11 Å². The van der Waals surface area contributed by atoms with E-state index < -0.39 is 0 Å². The maximum atomic E-state index is 9.19. The average molecular weight is 150 g/mol. The molecule has 0 fully saturated rings. The first-order valence-corrected chi connectivity index (χ1v) is 3.22. The Bertz CT molecular complexity index is 228. The minimum atomic E-state index is 0. The van der Waals surface area contributed by atoms with Crippen LogP contribution in [-0.2, 0) is 6.42 Å². The molecule has 0 atom stereocenters. The summed E-state index contributed by atoms with van der Waals surface area (Å²) in [7, 11) is 0. The highest BCUT2D eigenvalue weighted by Gasteiger charge is 1.93. The van der Waals surface area contributed by atoms with Gasteiger partial charge in [-0.25, -0.2) is 0 Å². The summed E-state index contributed by atoms with van der Waals surface area (Å²) < 4.78 is 0. The van der Waals surface area contributed by atoms with Crippen molar-refractivity contribution in [3.63, 3.8) is 0 Å². The third-order valence-corrected chi connectivity index (χ3v) is 1.36. The first-order chi connectivity index (χ1) is 4.84. The highest BCUT2D eigenvalue weighted by atomic mass is 16.3. The minimum Gasteiger partial charge on any atom is -0.508 e. The molecule has 1 aromatic carbocycles. The van der Waals surface area contributed by atoms with Gasteiger partial charge in [-0.05, 0) is 18.1 Å².